The van der Waals surface area contributed by atoms with Crippen molar-refractivity contribution in [2.75, 3.05) is 19.6 Å². The van der Waals surface area contributed by atoms with Gasteiger partial charge in [-0.15, -0.1) is 0 Å². The number of nitrogens with zero attached hydrogens (tertiary/aromatic N) is 2. The van der Waals surface area contributed by atoms with Crippen molar-refractivity contribution < 1.29 is 0 Å². The van der Waals surface area contributed by atoms with Crippen LogP contribution in [0.2, 0.25) is 0 Å². The summed E-state index contributed by atoms with van der Waals surface area (Å²) < 4.78 is 0. The van der Waals surface area contributed by atoms with Gasteiger partial charge in [-0.25, -0.2) is 0 Å². The van der Waals surface area contributed by atoms with Gasteiger partial charge in [-0.1, -0.05) is 13.8 Å². The van der Waals surface area contributed by atoms with Gasteiger partial charge >= 0.3 is 0 Å². The van der Waals surface area contributed by atoms with E-state index in [0.717, 1.165) is 18.4 Å². The maximum absolute atomic E-state index is 8.86. The first kappa shape index (κ1) is 10.5. The van der Waals surface area contributed by atoms with Crippen LogP contribution in [0.1, 0.15) is 27.7 Å². The summed E-state index contributed by atoms with van der Waals surface area (Å²) in [6.07, 6.45) is 0. The molecule has 0 aliphatic carbocycles. The van der Waals surface area contributed by atoms with E-state index in [2.05, 4.69) is 24.8 Å². The molecule has 1 heterocycles. The van der Waals surface area contributed by atoms with E-state index in [0.29, 0.717) is 0 Å². The van der Waals surface area contributed by atoms with Gasteiger partial charge in [0.1, 0.15) is 0 Å². The van der Waals surface area contributed by atoms with E-state index >= 15 is 0 Å². The third kappa shape index (κ3) is 2.70. The highest BCUT2D eigenvalue weighted by Gasteiger charge is 2.32. The summed E-state index contributed by atoms with van der Waals surface area (Å²) in [7, 11) is 0. The zero-order chi connectivity index (χ0) is 10.1. The Kier molecular flexibility index (Phi) is 2.98. The monoisotopic (exact) mass is 180 g/mol. The fourth-order valence-electron chi connectivity index (χ4n) is 1.75. The molecule has 0 amide bonds. The first-order chi connectivity index (χ1) is 5.94. The van der Waals surface area contributed by atoms with Crippen molar-refractivity contribution in [2.24, 2.45) is 17.3 Å². The van der Waals surface area contributed by atoms with Crippen LogP contribution in [0.25, 0.3) is 0 Å². The zero-order valence-corrected chi connectivity index (χ0v) is 9.17. The molecule has 0 atom stereocenters. The summed E-state index contributed by atoms with van der Waals surface area (Å²) in [6, 6.07) is 2.34. The van der Waals surface area contributed by atoms with Crippen LogP contribution in [0.4, 0.5) is 0 Å². The molecule has 1 rings (SSSR count). The van der Waals surface area contributed by atoms with Crippen molar-refractivity contribution in [3.05, 3.63) is 0 Å². The van der Waals surface area contributed by atoms with E-state index in [9.17, 15) is 0 Å². The van der Waals surface area contributed by atoms with Gasteiger partial charge in [0.2, 0.25) is 0 Å². The van der Waals surface area contributed by atoms with Crippen LogP contribution in [0.5, 0.6) is 0 Å². The lowest BCUT2D eigenvalue weighted by Crippen LogP contribution is -2.51. The Balaban J connectivity index is 2.27. The molecule has 1 fully saturated rings. The van der Waals surface area contributed by atoms with Gasteiger partial charge in [0.15, 0.2) is 0 Å². The van der Waals surface area contributed by atoms with Crippen LogP contribution >= 0.6 is 0 Å². The first-order valence-electron chi connectivity index (χ1n) is 5.08. The van der Waals surface area contributed by atoms with E-state index in [1.165, 1.54) is 13.1 Å². The molecule has 0 aromatic carbocycles. The quantitative estimate of drug-likeness (QED) is 0.665. The standard InChI is InChI=1S/C11H20N2/c1-9(2)10-5-13(6-10)8-11(3,4)7-12/h9-10H,5-6,8H2,1-4H3. The molecule has 0 bridgehead atoms. The maximum Gasteiger partial charge on any atom is 0.0697 e. The molecule has 0 radical (unpaired) electrons. The average Bonchev–Trinajstić information content (AvgIpc) is 1.95. The van der Waals surface area contributed by atoms with Crippen molar-refractivity contribution in [1.29, 1.82) is 5.26 Å². The van der Waals surface area contributed by atoms with Crippen molar-refractivity contribution in [3.63, 3.8) is 0 Å². The average molecular weight is 180 g/mol. The summed E-state index contributed by atoms with van der Waals surface area (Å²) >= 11 is 0. The van der Waals surface area contributed by atoms with Crippen molar-refractivity contribution in [2.45, 2.75) is 27.7 Å². The molecule has 1 aliphatic rings. The molecule has 0 saturated carbocycles. The van der Waals surface area contributed by atoms with Crippen molar-refractivity contribution >= 4 is 0 Å². The Morgan fingerprint density at radius 3 is 2.38 bits per heavy atom. The lowest BCUT2D eigenvalue weighted by atomic mass is 9.85. The molecule has 2 heteroatoms. The number of nitriles is 1. The van der Waals surface area contributed by atoms with E-state index in [-0.39, 0.29) is 5.41 Å². The van der Waals surface area contributed by atoms with E-state index < -0.39 is 0 Å². The summed E-state index contributed by atoms with van der Waals surface area (Å²) in [5.41, 5.74) is -0.179. The van der Waals surface area contributed by atoms with Gasteiger partial charge in [0, 0.05) is 19.6 Å². The number of hydrogen-bond acceptors (Lipinski definition) is 2. The molecular formula is C11H20N2. The maximum atomic E-state index is 8.86. The minimum atomic E-state index is -0.179. The molecule has 0 aromatic heterocycles. The fourth-order valence-corrected chi connectivity index (χ4v) is 1.75. The van der Waals surface area contributed by atoms with Crippen LogP contribution in [-0.4, -0.2) is 24.5 Å². The number of likely N-dealkylation sites (tertiary alicyclic amines) is 1. The number of hydrogen-bond donors (Lipinski definition) is 0. The molecule has 0 aromatic rings. The second kappa shape index (κ2) is 3.67. The Hall–Kier alpha value is -0.550. The Morgan fingerprint density at radius 2 is 2.00 bits per heavy atom. The van der Waals surface area contributed by atoms with Crippen LogP contribution in [-0.2, 0) is 0 Å². The lowest BCUT2D eigenvalue weighted by molar-refractivity contribution is 0.0469. The molecule has 0 N–H and O–H groups in total. The van der Waals surface area contributed by atoms with Crippen molar-refractivity contribution in [1.82, 2.24) is 4.90 Å². The molecule has 0 spiro atoms. The first-order valence-corrected chi connectivity index (χ1v) is 5.08. The topological polar surface area (TPSA) is 27.0 Å². The molecular weight excluding hydrogens is 160 g/mol. The smallest absolute Gasteiger partial charge is 0.0697 e. The molecule has 1 saturated heterocycles. The summed E-state index contributed by atoms with van der Waals surface area (Å²) in [6.45, 7) is 11.9. The molecule has 74 valence electrons. The van der Waals surface area contributed by atoms with Gasteiger partial charge in [0.05, 0.1) is 11.5 Å². The van der Waals surface area contributed by atoms with Crippen LogP contribution in [0.15, 0.2) is 0 Å². The normalized spacial score (nSPS) is 20.0. The van der Waals surface area contributed by atoms with Crippen LogP contribution in [0.3, 0.4) is 0 Å². The summed E-state index contributed by atoms with van der Waals surface area (Å²) in [4.78, 5) is 2.38. The van der Waals surface area contributed by atoms with E-state index in [1.54, 1.807) is 0 Å². The minimum Gasteiger partial charge on any atom is -0.301 e. The Bertz CT molecular complexity index is 207. The Labute approximate surface area is 81.5 Å². The highest BCUT2D eigenvalue weighted by molar-refractivity contribution is 4.96. The second-order valence-electron chi connectivity index (χ2n) is 5.19. The van der Waals surface area contributed by atoms with E-state index in [1.807, 2.05) is 13.8 Å². The van der Waals surface area contributed by atoms with Crippen LogP contribution in [0, 0.1) is 28.6 Å². The van der Waals surface area contributed by atoms with Crippen LogP contribution < -0.4 is 0 Å². The minimum absolute atomic E-state index is 0.179. The van der Waals surface area contributed by atoms with Gasteiger partial charge < -0.3 is 4.90 Å². The molecule has 13 heavy (non-hydrogen) atoms. The van der Waals surface area contributed by atoms with E-state index in [4.69, 9.17) is 5.26 Å². The SMILES string of the molecule is CC(C)C1CN(CC(C)(C)C#N)C1. The van der Waals surface area contributed by atoms with Gasteiger partial charge in [0.25, 0.3) is 0 Å². The number of rotatable bonds is 3. The predicted molar refractivity (Wildman–Crippen MR) is 54.2 cm³/mol. The highest BCUT2D eigenvalue weighted by atomic mass is 15.2. The zero-order valence-electron chi connectivity index (χ0n) is 9.17. The van der Waals surface area contributed by atoms with Gasteiger partial charge in [-0.3, -0.25) is 0 Å². The summed E-state index contributed by atoms with van der Waals surface area (Å²) in [5, 5.41) is 8.86. The predicted octanol–water partition coefficient (Wildman–Crippen LogP) is 2.12. The fraction of sp³-hybridized carbons (Fsp3) is 0.909. The largest absolute Gasteiger partial charge is 0.301 e. The molecule has 1 aliphatic heterocycles. The van der Waals surface area contributed by atoms with Gasteiger partial charge in [-0.05, 0) is 25.7 Å². The molecule has 2 nitrogen and oxygen atoms in total. The Morgan fingerprint density at radius 1 is 1.46 bits per heavy atom. The summed E-state index contributed by atoms with van der Waals surface area (Å²) in [5.74, 6) is 1.65. The lowest BCUT2D eigenvalue weighted by Gasteiger charge is -2.43. The highest BCUT2D eigenvalue weighted by Crippen LogP contribution is 2.26. The molecule has 0 unspecified atom stereocenters. The van der Waals surface area contributed by atoms with Gasteiger partial charge in [-0.2, -0.15) is 5.26 Å². The second-order valence-corrected chi connectivity index (χ2v) is 5.19. The van der Waals surface area contributed by atoms with Crippen molar-refractivity contribution in [3.8, 4) is 6.07 Å². The third-order valence-electron chi connectivity index (χ3n) is 2.85. The third-order valence-corrected chi connectivity index (χ3v) is 2.85.